The zero-order chi connectivity index (χ0) is 22.5. The molecule has 0 amide bonds. The van der Waals surface area contributed by atoms with Gasteiger partial charge in [-0.1, -0.05) is 54.1 Å². The molecule has 32 heavy (non-hydrogen) atoms. The minimum Gasteiger partial charge on any atom is -0.258 e. The highest BCUT2D eigenvalue weighted by Gasteiger charge is 2.29. The van der Waals surface area contributed by atoms with E-state index in [0.29, 0.717) is 6.42 Å². The lowest BCUT2D eigenvalue weighted by Gasteiger charge is -2.18. The molecule has 2 heterocycles. The van der Waals surface area contributed by atoms with Crippen molar-refractivity contribution in [1.29, 1.82) is 10.5 Å². The molecule has 4 aromatic rings. The molecule has 0 fully saturated rings. The van der Waals surface area contributed by atoms with Gasteiger partial charge in [0.05, 0.1) is 23.5 Å². The molecule has 2 aromatic heterocycles. The number of para-hydroxylation sites is 1. The van der Waals surface area contributed by atoms with E-state index in [9.17, 15) is 10.5 Å². The van der Waals surface area contributed by atoms with Crippen LogP contribution >= 0.6 is 0 Å². The topological polar surface area (TPSA) is 78.3 Å². The molecule has 1 unspecified atom stereocenters. The lowest BCUT2D eigenvalue weighted by Crippen LogP contribution is -2.14. The molecule has 0 bridgehead atoms. The number of hydrogen-bond acceptors (Lipinski definition) is 4. The fraction of sp³-hybridized carbons (Fsp3) is 0.185. The molecule has 5 nitrogen and oxygen atoms in total. The summed E-state index contributed by atoms with van der Waals surface area (Å²) in [5.74, 6) is -1.19. The third kappa shape index (κ3) is 4.43. The SMILES string of the molecule is Cc1ccc(-c2nn(-c3ccccc3)cc2C(Cc2cccc(C)n2)C(C#N)C#N)cc1. The van der Waals surface area contributed by atoms with Crippen LogP contribution in [0, 0.1) is 42.4 Å². The van der Waals surface area contributed by atoms with Crippen molar-refractivity contribution < 1.29 is 0 Å². The Labute approximate surface area is 188 Å². The first kappa shape index (κ1) is 21.0. The standard InChI is InChI=1S/C27H23N5/c1-19-11-13-21(14-12-19)27-26(18-32(31-27)24-9-4-3-5-10-24)25(22(16-28)17-29)15-23-8-6-7-20(2)30-23/h3-14,18,22,25H,15H2,1-2H3. The minimum absolute atomic E-state index is 0.368. The summed E-state index contributed by atoms with van der Waals surface area (Å²) < 4.78 is 1.83. The van der Waals surface area contributed by atoms with Gasteiger partial charge in [-0.25, -0.2) is 4.68 Å². The summed E-state index contributed by atoms with van der Waals surface area (Å²) in [6.07, 6.45) is 2.43. The summed E-state index contributed by atoms with van der Waals surface area (Å²) in [6, 6.07) is 28.2. The van der Waals surface area contributed by atoms with Crippen molar-refractivity contribution in [1.82, 2.24) is 14.8 Å². The fourth-order valence-electron chi connectivity index (χ4n) is 3.86. The van der Waals surface area contributed by atoms with E-state index < -0.39 is 5.92 Å². The number of pyridine rings is 1. The van der Waals surface area contributed by atoms with Crippen LogP contribution in [0.1, 0.15) is 28.4 Å². The van der Waals surface area contributed by atoms with E-state index in [1.807, 2.05) is 97.5 Å². The van der Waals surface area contributed by atoms with Gasteiger partial charge in [-0.15, -0.1) is 0 Å². The predicted octanol–water partition coefficient (Wildman–Crippen LogP) is 5.54. The third-order valence-electron chi connectivity index (χ3n) is 5.54. The Hall–Kier alpha value is -4.22. The van der Waals surface area contributed by atoms with Crippen LogP contribution in [0.3, 0.4) is 0 Å². The highest BCUT2D eigenvalue weighted by Crippen LogP contribution is 2.35. The first-order valence-electron chi connectivity index (χ1n) is 10.5. The van der Waals surface area contributed by atoms with Crippen molar-refractivity contribution in [2.45, 2.75) is 26.2 Å². The van der Waals surface area contributed by atoms with Gasteiger partial charge in [0.2, 0.25) is 0 Å². The lowest BCUT2D eigenvalue weighted by molar-refractivity contribution is 0.600. The van der Waals surface area contributed by atoms with Gasteiger partial charge in [0.1, 0.15) is 5.92 Å². The maximum atomic E-state index is 9.79. The number of hydrogen-bond donors (Lipinski definition) is 0. The van der Waals surface area contributed by atoms with Crippen LogP contribution < -0.4 is 0 Å². The zero-order valence-electron chi connectivity index (χ0n) is 18.1. The van der Waals surface area contributed by atoms with Crippen molar-refractivity contribution in [3.05, 3.63) is 102 Å². The number of benzene rings is 2. The fourth-order valence-corrected chi connectivity index (χ4v) is 3.86. The van der Waals surface area contributed by atoms with Gasteiger partial charge >= 0.3 is 0 Å². The van der Waals surface area contributed by atoms with Gasteiger partial charge in [0, 0.05) is 34.6 Å². The third-order valence-corrected chi connectivity index (χ3v) is 5.54. The van der Waals surface area contributed by atoms with Gasteiger partial charge in [-0.2, -0.15) is 15.6 Å². The molecular weight excluding hydrogens is 394 g/mol. The number of nitrogens with zero attached hydrogens (tertiary/aromatic N) is 5. The second kappa shape index (κ2) is 9.29. The van der Waals surface area contributed by atoms with Gasteiger partial charge < -0.3 is 0 Å². The van der Waals surface area contributed by atoms with Crippen LogP contribution in [-0.4, -0.2) is 14.8 Å². The van der Waals surface area contributed by atoms with Crippen molar-refractivity contribution in [3.63, 3.8) is 0 Å². The first-order valence-corrected chi connectivity index (χ1v) is 10.5. The Morgan fingerprint density at radius 1 is 0.875 bits per heavy atom. The second-order valence-corrected chi connectivity index (χ2v) is 7.90. The van der Waals surface area contributed by atoms with Crippen LogP contribution in [-0.2, 0) is 6.42 Å². The molecule has 0 radical (unpaired) electrons. The van der Waals surface area contributed by atoms with Crippen molar-refractivity contribution in [2.24, 2.45) is 5.92 Å². The van der Waals surface area contributed by atoms with E-state index >= 15 is 0 Å². The van der Waals surface area contributed by atoms with Gasteiger partial charge in [-0.05, 0) is 44.5 Å². The molecule has 1 atom stereocenters. The number of aryl methyl sites for hydroxylation is 2. The molecule has 0 spiro atoms. The monoisotopic (exact) mass is 417 g/mol. The van der Waals surface area contributed by atoms with Crippen LogP contribution in [0.5, 0.6) is 0 Å². The summed E-state index contributed by atoms with van der Waals surface area (Å²) in [7, 11) is 0. The predicted molar refractivity (Wildman–Crippen MR) is 124 cm³/mol. The summed E-state index contributed by atoms with van der Waals surface area (Å²) in [6.45, 7) is 3.98. The molecule has 4 rings (SSSR count). The summed E-state index contributed by atoms with van der Waals surface area (Å²) in [5.41, 5.74) is 6.45. The quantitative estimate of drug-likeness (QED) is 0.412. The number of nitriles is 2. The Bertz CT molecular complexity index is 1280. The average Bonchev–Trinajstić information content (AvgIpc) is 3.25. The van der Waals surface area contributed by atoms with Crippen LogP contribution in [0.4, 0.5) is 0 Å². The normalized spacial score (nSPS) is 11.7. The van der Waals surface area contributed by atoms with Crippen LogP contribution in [0.25, 0.3) is 16.9 Å². The first-order chi connectivity index (χ1) is 15.6. The maximum Gasteiger partial charge on any atom is 0.140 e. The maximum absolute atomic E-state index is 9.79. The molecule has 0 saturated heterocycles. The molecule has 0 aliphatic rings. The summed E-state index contributed by atoms with van der Waals surface area (Å²) in [5, 5.41) is 24.5. The zero-order valence-corrected chi connectivity index (χ0v) is 18.1. The molecular formula is C27H23N5. The largest absolute Gasteiger partial charge is 0.258 e. The minimum atomic E-state index is -0.824. The second-order valence-electron chi connectivity index (χ2n) is 7.90. The molecule has 2 aromatic carbocycles. The molecule has 0 N–H and O–H groups in total. The summed E-state index contributed by atoms with van der Waals surface area (Å²) in [4.78, 5) is 4.62. The van der Waals surface area contributed by atoms with E-state index in [1.54, 1.807) is 0 Å². The van der Waals surface area contributed by atoms with Crippen molar-refractivity contribution in [2.75, 3.05) is 0 Å². The Morgan fingerprint density at radius 2 is 1.59 bits per heavy atom. The lowest BCUT2D eigenvalue weighted by atomic mass is 9.83. The van der Waals surface area contributed by atoms with Crippen molar-refractivity contribution in [3.8, 4) is 29.1 Å². The highest BCUT2D eigenvalue weighted by atomic mass is 15.3. The van der Waals surface area contributed by atoms with Crippen LogP contribution in [0.15, 0.2) is 79.0 Å². The molecule has 156 valence electrons. The summed E-state index contributed by atoms with van der Waals surface area (Å²) >= 11 is 0. The van der Waals surface area contributed by atoms with Crippen molar-refractivity contribution >= 4 is 0 Å². The Balaban J connectivity index is 1.88. The molecule has 0 aliphatic heterocycles. The van der Waals surface area contributed by atoms with Crippen LogP contribution in [0.2, 0.25) is 0 Å². The van der Waals surface area contributed by atoms with Gasteiger partial charge in [0.25, 0.3) is 0 Å². The Kier molecular flexibility index (Phi) is 6.10. The number of aromatic nitrogens is 3. The molecule has 0 aliphatic carbocycles. The average molecular weight is 418 g/mol. The van der Waals surface area contributed by atoms with E-state index in [-0.39, 0.29) is 5.92 Å². The Morgan fingerprint density at radius 3 is 2.25 bits per heavy atom. The van der Waals surface area contributed by atoms with E-state index in [1.165, 1.54) is 0 Å². The smallest absolute Gasteiger partial charge is 0.140 e. The molecule has 5 heteroatoms. The molecule has 0 saturated carbocycles. The van der Waals surface area contributed by atoms with Gasteiger partial charge in [-0.3, -0.25) is 4.98 Å². The van der Waals surface area contributed by atoms with E-state index in [4.69, 9.17) is 5.10 Å². The van der Waals surface area contributed by atoms with E-state index in [2.05, 4.69) is 17.1 Å². The van der Waals surface area contributed by atoms with E-state index in [0.717, 1.165) is 39.5 Å². The number of rotatable bonds is 6. The highest BCUT2D eigenvalue weighted by molar-refractivity contribution is 5.65. The van der Waals surface area contributed by atoms with Gasteiger partial charge in [0.15, 0.2) is 0 Å².